The molecule has 0 bridgehead atoms. The third-order valence-corrected chi connectivity index (χ3v) is 4.38. The van der Waals surface area contributed by atoms with E-state index in [1.54, 1.807) is 6.92 Å². The summed E-state index contributed by atoms with van der Waals surface area (Å²) < 4.78 is 16.4. The summed E-state index contributed by atoms with van der Waals surface area (Å²) in [6.45, 7) is 8.63. The Bertz CT molecular complexity index is 597. The molecule has 0 fully saturated rings. The van der Waals surface area contributed by atoms with Crippen LogP contribution >= 0.6 is 0 Å². The highest BCUT2D eigenvalue weighted by molar-refractivity contribution is 5.72. The van der Waals surface area contributed by atoms with E-state index >= 15 is 0 Å². The van der Waals surface area contributed by atoms with Crippen molar-refractivity contribution in [1.29, 1.82) is 0 Å². The molecule has 1 rings (SSSR count). The molecule has 0 aromatic heterocycles. The van der Waals surface area contributed by atoms with Crippen molar-refractivity contribution in [3.05, 3.63) is 11.1 Å². The highest BCUT2D eigenvalue weighted by Gasteiger charge is 2.28. The average molecular weight is 382 g/mol. The van der Waals surface area contributed by atoms with Crippen molar-refractivity contribution in [3.8, 4) is 23.0 Å². The number of hydrogen-bond acceptors (Lipinski definition) is 5. The standard InChI is InChI=1S/C21H34O6/c1-5-9-11-13-15-16(14-12-10-6-2)18(25-7-3)20(26-8-4)19(17(15)22)27-21(23)24/h22H,5-14H2,1-4H3,(H,23,24). The molecular formula is C21H34O6. The number of phenols is 1. The van der Waals surface area contributed by atoms with Crippen LogP contribution in [0.15, 0.2) is 0 Å². The summed E-state index contributed by atoms with van der Waals surface area (Å²) >= 11 is 0. The number of carboxylic acid groups (broad SMARTS) is 1. The van der Waals surface area contributed by atoms with E-state index in [9.17, 15) is 9.90 Å². The van der Waals surface area contributed by atoms with E-state index in [4.69, 9.17) is 19.3 Å². The fraction of sp³-hybridized carbons (Fsp3) is 0.667. The van der Waals surface area contributed by atoms with Crippen LogP contribution in [0, 0.1) is 0 Å². The van der Waals surface area contributed by atoms with Gasteiger partial charge < -0.3 is 24.4 Å². The second-order valence-electron chi connectivity index (χ2n) is 6.44. The van der Waals surface area contributed by atoms with Gasteiger partial charge in [-0.3, -0.25) is 0 Å². The monoisotopic (exact) mass is 382 g/mol. The molecule has 1 aromatic rings. The first-order chi connectivity index (χ1) is 13.0. The van der Waals surface area contributed by atoms with E-state index in [1.165, 1.54) is 0 Å². The predicted molar refractivity (Wildman–Crippen MR) is 106 cm³/mol. The first-order valence-electron chi connectivity index (χ1n) is 10.1. The number of hydrogen-bond donors (Lipinski definition) is 2. The Kier molecular flexibility index (Phi) is 10.5. The van der Waals surface area contributed by atoms with Crippen LogP contribution in [0.5, 0.6) is 23.0 Å². The summed E-state index contributed by atoms with van der Waals surface area (Å²) in [5.74, 6) is 0.353. The van der Waals surface area contributed by atoms with Crippen LogP contribution in [-0.2, 0) is 12.8 Å². The molecule has 0 unspecified atom stereocenters. The molecule has 6 heteroatoms. The van der Waals surface area contributed by atoms with E-state index < -0.39 is 6.16 Å². The van der Waals surface area contributed by atoms with Crippen molar-refractivity contribution in [1.82, 2.24) is 0 Å². The van der Waals surface area contributed by atoms with Crippen LogP contribution in [0.1, 0.15) is 77.3 Å². The largest absolute Gasteiger partial charge is 0.511 e. The topological polar surface area (TPSA) is 85.2 Å². The van der Waals surface area contributed by atoms with Gasteiger partial charge in [-0.1, -0.05) is 39.5 Å². The highest BCUT2D eigenvalue weighted by atomic mass is 16.7. The van der Waals surface area contributed by atoms with E-state index in [-0.39, 0.29) is 17.2 Å². The Hall–Kier alpha value is -2.11. The number of phenolic OH excluding ortho intramolecular Hbond substituents is 1. The number of carbonyl (C=O) groups is 1. The zero-order valence-corrected chi connectivity index (χ0v) is 17.1. The molecule has 0 atom stereocenters. The summed E-state index contributed by atoms with van der Waals surface area (Å²) in [6, 6.07) is 0. The fourth-order valence-corrected chi connectivity index (χ4v) is 3.16. The lowest BCUT2D eigenvalue weighted by atomic mass is 9.94. The normalized spacial score (nSPS) is 10.7. The van der Waals surface area contributed by atoms with Crippen molar-refractivity contribution in [2.75, 3.05) is 13.2 Å². The van der Waals surface area contributed by atoms with Crippen molar-refractivity contribution < 1.29 is 29.2 Å². The molecule has 0 heterocycles. The van der Waals surface area contributed by atoms with E-state index in [0.717, 1.165) is 50.5 Å². The molecule has 0 radical (unpaired) electrons. The summed E-state index contributed by atoms with van der Waals surface area (Å²) in [5.41, 5.74) is 1.61. The average Bonchev–Trinajstić information content (AvgIpc) is 2.63. The zero-order chi connectivity index (χ0) is 20.2. The van der Waals surface area contributed by atoms with Crippen molar-refractivity contribution in [2.45, 2.75) is 79.1 Å². The molecule has 0 spiro atoms. The Morgan fingerprint density at radius 2 is 1.30 bits per heavy atom. The number of rotatable bonds is 13. The summed E-state index contributed by atoms with van der Waals surface area (Å²) in [7, 11) is 0. The van der Waals surface area contributed by atoms with E-state index in [1.807, 2.05) is 6.92 Å². The third kappa shape index (κ3) is 6.52. The Labute approximate surface area is 162 Å². The van der Waals surface area contributed by atoms with Crippen molar-refractivity contribution >= 4 is 6.16 Å². The summed E-state index contributed by atoms with van der Waals surface area (Å²) in [6.07, 6.45) is 5.98. The molecule has 0 saturated heterocycles. The molecule has 0 aliphatic heterocycles. The first-order valence-corrected chi connectivity index (χ1v) is 10.1. The minimum absolute atomic E-state index is 0.146. The van der Waals surface area contributed by atoms with Crippen LogP contribution in [-0.4, -0.2) is 29.6 Å². The third-order valence-electron chi connectivity index (χ3n) is 4.38. The number of unbranched alkanes of at least 4 members (excludes halogenated alkanes) is 4. The molecule has 0 saturated carbocycles. The minimum atomic E-state index is -1.49. The minimum Gasteiger partial charge on any atom is -0.504 e. The molecule has 2 N–H and O–H groups in total. The van der Waals surface area contributed by atoms with Crippen LogP contribution in [0.3, 0.4) is 0 Å². The predicted octanol–water partition coefficient (Wildman–Crippen LogP) is 5.71. The molecule has 154 valence electrons. The van der Waals surface area contributed by atoms with Gasteiger partial charge in [0.1, 0.15) is 0 Å². The lowest BCUT2D eigenvalue weighted by Crippen LogP contribution is -2.11. The van der Waals surface area contributed by atoms with Gasteiger partial charge in [-0.05, 0) is 39.5 Å². The van der Waals surface area contributed by atoms with Crippen LogP contribution in [0.2, 0.25) is 0 Å². The van der Waals surface area contributed by atoms with Gasteiger partial charge >= 0.3 is 6.16 Å². The van der Waals surface area contributed by atoms with Gasteiger partial charge in [0.05, 0.1) is 13.2 Å². The van der Waals surface area contributed by atoms with Gasteiger partial charge in [0.15, 0.2) is 11.5 Å². The Morgan fingerprint density at radius 3 is 1.78 bits per heavy atom. The zero-order valence-electron chi connectivity index (χ0n) is 17.1. The van der Waals surface area contributed by atoms with E-state index in [0.29, 0.717) is 30.9 Å². The van der Waals surface area contributed by atoms with Crippen LogP contribution in [0.4, 0.5) is 4.79 Å². The maximum absolute atomic E-state index is 11.2. The molecule has 27 heavy (non-hydrogen) atoms. The molecule has 0 aliphatic rings. The maximum atomic E-state index is 11.2. The fourth-order valence-electron chi connectivity index (χ4n) is 3.16. The summed E-state index contributed by atoms with van der Waals surface area (Å²) in [4.78, 5) is 11.2. The number of aromatic hydroxyl groups is 1. The van der Waals surface area contributed by atoms with E-state index in [2.05, 4.69) is 13.8 Å². The van der Waals surface area contributed by atoms with Gasteiger partial charge in [-0.15, -0.1) is 0 Å². The quantitative estimate of drug-likeness (QED) is 0.258. The second-order valence-corrected chi connectivity index (χ2v) is 6.44. The molecule has 0 amide bonds. The first kappa shape index (κ1) is 22.9. The number of benzene rings is 1. The molecule has 1 aromatic carbocycles. The molecule has 0 aliphatic carbocycles. The highest BCUT2D eigenvalue weighted by Crippen LogP contribution is 2.50. The van der Waals surface area contributed by atoms with Gasteiger partial charge in [0.25, 0.3) is 0 Å². The smallest absolute Gasteiger partial charge is 0.504 e. The van der Waals surface area contributed by atoms with Gasteiger partial charge in [-0.25, -0.2) is 4.79 Å². The maximum Gasteiger partial charge on any atom is 0.511 e. The Morgan fingerprint density at radius 1 is 0.778 bits per heavy atom. The summed E-state index contributed by atoms with van der Waals surface area (Å²) in [5, 5.41) is 20.0. The van der Waals surface area contributed by atoms with Crippen LogP contribution < -0.4 is 14.2 Å². The lowest BCUT2D eigenvalue weighted by molar-refractivity contribution is 0.139. The lowest BCUT2D eigenvalue weighted by Gasteiger charge is -2.22. The molecule has 6 nitrogen and oxygen atoms in total. The van der Waals surface area contributed by atoms with Crippen LogP contribution in [0.25, 0.3) is 0 Å². The Balaban J connectivity index is 3.56. The van der Waals surface area contributed by atoms with Crippen molar-refractivity contribution in [2.24, 2.45) is 0 Å². The van der Waals surface area contributed by atoms with Gasteiger partial charge in [0, 0.05) is 11.1 Å². The SMILES string of the molecule is CCCCCc1c(O)c(OC(=O)O)c(OCC)c(OCC)c1CCCCC. The molecular weight excluding hydrogens is 348 g/mol. The number of ether oxygens (including phenoxy) is 3. The second kappa shape index (κ2) is 12.3. The van der Waals surface area contributed by atoms with Crippen molar-refractivity contribution in [3.63, 3.8) is 0 Å². The van der Waals surface area contributed by atoms with Gasteiger partial charge in [0.2, 0.25) is 11.5 Å². The van der Waals surface area contributed by atoms with Gasteiger partial charge in [-0.2, -0.15) is 0 Å².